The number of unbranched alkanes of at least 4 members (excludes halogenated alkanes) is 6. The molecular formula is C24H50N2O3. The van der Waals surface area contributed by atoms with E-state index in [-0.39, 0.29) is 6.10 Å². The summed E-state index contributed by atoms with van der Waals surface area (Å²) >= 11 is 0. The molecule has 0 aromatic rings. The summed E-state index contributed by atoms with van der Waals surface area (Å²) in [6.07, 6.45) is 11.1. The van der Waals surface area contributed by atoms with Gasteiger partial charge in [-0.15, -0.1) is 0 Å². The number of likely N-dealkylation sites (N-methyl/N-ethyl adjacent to an activating group) is 2. The Hall–Kier alpha value is -0.810. The molecule has 0 aromatic heterocycles. The monoisotopic (exact) mass is 414 g/mol. The predicted octanol–water partition coefficient (Wildman–Crippen LogP) is 6.11. The fourth-order valence-electron chi connectivity index (χ4n) is 3.54. The summed E-state index contributed by atoms with van der Waals surface area (Å²) in [5.41, 5.74) is 0. The second-order valence-corrected chi connectivity index (χ2v) is 8.00. The highest BCUT2D eigenvalue weighted by Gasteiger charge is 2.16. The molecule has 0 aliphatic heterocycles. The first-order valence-corrected chi connectivity index (χ1v) is 12.4. The third-order valence-electron chi connectivity index (χ3n) is 5.72. The number of nitrogens with zero attached hydrogens (tertiary/aromatic N) is 2. The predicted molar refractivity (Wildman–Crippen MR) is 124 cm³/mol. The van der Waals surface area contributed by atoms with Crippen LogP contribution in [-0.2, 0) is 9.47 Å². The van der Waals surface area contributed by atoms with Gasteiger partial charge in [0.15, 0.2) is 0 Å². The van der Waals surface area contributed by atoms with Crippen molar-refractivity contribution in [2.24, 2.45) is 0 Å². The van der Waals surface area contributed by atoms with Gasteiger partial charge in [-0.2, -0.15) is 0 Å². The minimum atomic E-state index is -0.485. The van der Waals surface area contributed by atoms with Gasteiger partial charge in [0.2, 0.25) is 0 Å². The van der Waals surface area contributed by atoms with Crippen LogP contribution in [0, 0.1) is 0 Å². The first-order valence-electron chi connectivity index (χ1n) is 12.4. The van der Waals surface area contributed by atoms with Crippen molar-refractivity contribution < 1.29 is 14.3 Å². The first kappa shape index (κ1) is 28.2. The van der Waals surface area contributed by atoms with E-state index < -0.39 is 6.16 Å². The van der Waals surface area contributed by atoms with Crippen LogP contribution in [-0.4, -0.2) is 67.9 Å². The van der Waals surface area contributed by atoms with Crippen LogP contribution in [0.5, 0.6) is 0 Å². The molecule has 0 aliphatic rings. The Morgan fingerprint density at radius 3 is 1.69 bits per heavy atom. The minimum Gasteiger partial charge on any atom is -0.433 e. The van der Waals surface area contributed by atoms with Gasteiger partial charge in [-0.1, -0.05) is 73.1 Å². The molecule has 0 saturated carbocycles. The van der Waals surface area contributed by atoms with Gasteiger partial charge in [0.25, 0.3) is 0 Å². The van der Waals surface area contributed by atoms with Crippen molar-refractivity contribution in [1.29, 1.82) is 0 Å². The number of hydrogen-bond acceptors (Lipinski definition) is 5. The van der Waals surface area contributed by atoms with E-state index in [4.69, 9.17) is 9.47 Å². The van der Waals surface area contributed by atoms with Crippen LogP contribution >= 0.6 is 0 Å². The molecule has 0 rings (SSSR count). The average Bonchev–Trinajstić information content (AvgIpc) is 2.73. The second-order valence-electron chi connectivity index (χ2n) is 8.00. The lowest BCUT2D eigenvalue weighted by Crippen LogP contribution is -2.37. The molecule has 0 aromatic carbocycles. The summed E-state index contributed by atoms with van der Waals surface area (Å²) < 4.78 is 11.1. The van der Waals surface area contributed by atoms with E-state index >= 15 is 0 Å². The van der Waals surface area contributed by atoms with E-state index in [2.05, 4.69) is 44.4 Å². The van der Waals surface area contributed by atoms with Crippen LogP contribution in [0.3, 0.4) is 0 Å². The van der Waals surface area contributed by atoms with Gasteiger partial charge in [0.1, 0.15) is 12.7 Å². The highest BCUT2D eigenvalue weighted by Crippen LogP contribution is 2.16. The normalized spacial score (nSPS) is 11.6. The van der Waals surface area contributed by atoms with Crippen LogP contribution in [0.4, 0.5) is 4.79 Å². The number of carbonyl (C=O) groups is 1. The molecule has 0 aliphatic carbocycles. The van der Waals surface area contributed by atoms with E-state index in [1.807, 2.05) is 0 Å². The molecule has 5 heteroatoms. The third kappa shape index (κ3) is 16.7. The second kappa shape index (κ2) is 20.5. The summed E-state index contributed by atoms with van der Waals surface area (Å²) in [5.74, 6) is 0. The molecule has 5 nitrogen and oxygen atoms in total. The third-order valence-corrected chi connectivity index (χ3v) is 5.72. The van der Waals surface area contributed by atoms with Gasteiger partial charge in [-0.05, 0) is 45.3 Å². The molecule has 0 saturated heterocycles. The van der Waals surface area contributed by atoms with Crippen LogP contribution in [0.15, 0.2) is 0 Å². The van der Waals surface area contributed by atoms with Gasteiger partial charge in [0, 0.05) is 19.6 Å². The number of carbonyl (C=O) groups excluding carboxylic acids is 1. The summed E-state index contributed by atoms with van der Waals surface area (Å²) in [7, 11) is 0. The molecule has 174 valence electrons. The maximum Gasteiger partial charge on any atom is 0.508 e. The van der Waals surface area contributed by atoms with Crippen molar-refractivity contribution in [3.63, 3.8) is 0 Å². The summed E-state index contributed by atoms with van der Waals surface area (Å²) in [5, 5.41) is 0. The van der Waals surface area contributed by atoms with Gasteiger partial charge >= 0.3 is 6.16 Å². The van der Waals surface area contributed by atoms with Gasteiger partial charge in [0.05, 0.1) is 0 Å². The van der Waals surface area contributed by atoms with Crippen molar-refractivity contribution in [3.05, 3.63) is 0 Å². The fourth-order valence-corrected chi connectivity index (χ4v) is 3.54. The molecule has 0 bridgehead atoms. The summed E-state index contributed by atoms with van der Waals surface area (Å²) in [6.45, 7) is 17.4. The van der Waals surface area contributed by atoms with Crippen LogP contribution in [0.25, 0.3) is 0 Å². The lowest BCUT2D eigenvalue weighted by Gasteiger charge is -2.25. The fraction of sp³-hybridized carbons (Fsp3) is 0.958. The Balaban J connectivity index is 4.20. The topological polar surface area (TPSA) is 42.0 Å². The molecular weight excluding hydrogens is 364 g/mol. The Morgan fingerprint density at radius 1 is 0.690 bits per heavy atom. The zero-order chi connectivity index (χ0) is 21.7. The zero-order valence-corrected chi connectivity index (χ0v) is 20.2. The SMILES string of the molecule is CCCCCCC(CCCCCC)OC(=O)OCCN(CC)CCN(CC)CC. The van der Waals surface area contributed by atoms with Crippen molar-refractivity contribution >= 4 is 6.16 Å². The largest absolute Gasteiger partial charge is 0.508 e. The standard InChI is InChI=1S/C24H50N2O3/c1-6-11-13-15-17-23(18-16-14-12-7-2)29-24(27)28-22-21-26(10-5)20-19-25(8-3)9-4/h23H,6-22H2,1-5H3. The molecule has 0 N–H and O–H groups in total. The quantitative estimate of drug-likeness (QED) is 0.177. The summed E-state index contributed by atoms with van der Waals surface area (Å²) in [6, 6.07) is 0. The van der Waals surface area contributed by atoms with E-state index in [0.717, 1.165) is 65.0 Å². The molecule has 0 radical (unpaired) electrons. The van der Waals surface area contributed by atoms with Crippen LogP contribution in [0.1, 0.15) is 98.8 Å². The van der Waals surface area contributed by atoms with Gasteiger partial charge in [-0.3, -0.25) is 4.90 Å². The maximum absolute atomic E-state index is 12.2. The zero-order valence-electron chi connectivity index (χ0n) is 20.2. The summed E-state index contributed by atoms with van der Waals surface area (Å²) in [4.78, 5) is 16.9. The van der Waals surface area contributed by atoms with Crippen LogP contribution in [0.2, 0.25) is 0 Å². The average molecular weight is 415 g/mol. The van der Waals surface area contributed by atoms with E-state index in [9.17, 15) is 4.79 Å². The minimum absolute atomic E-state index is 0.0150. The maximum atomic E-state index is 12.2. The van der Waals surface area contributed by atoms with Crippen molar-refractivity contribution in [1.82, 2.24) is 9.80 Å². The Kier molecular flexibility index (Phi) is 19.9. The smallest absolute Gasteiger partial charge is 0.433 e. The lowest BCUT2D eigenvalue weighted by molar-refractivity contribution is 0.0119. The van der Waals surface area contributed by atoms with Gasteiger partial charge < -0.3 is 14.4 Å². The Morgan fingerprint density at radius 2 is 1.21 bits per heavy atom. The van der Waals surface area contributed by atoms with Crippen molar-refractivity contribution in [2.45, 2.75) is 105 Å². The molecule has 0 unspecified atom stereocenters. The highest BCUT2D eigenvalue weighted by molar-refractivity contribution is 5.60. The van der Waals surface area contributed by atoms with Crippen molar-refractivity contribution in [3.8, 4) is 0 Å². The molecule has 0 amide bonds. The Labute approximate surface area is 181 Å². The number of rotatable bonds is 20. The lowest BCUT2D eigenvalue weighted by atomic mass is 10.0. The first-order chi connectivity index (χ1) is 14.1. The van der Waals surface area contributed by atoms with Crippen molar-refractivity contribution in [2.75, 3.05) is 45.9 Å². The highest BCUT2D eigenvalue weighted by atomic mass is 16.7. The number of hydrogen-bond donors (Lipinski definition) is 0. The molecule has 0 fully saturated rings. The van der Waals surface area contributed by atoms with E-state index in [0.29, 0.717) is 6.61 Å². The van der Waals surface area contributed by atoms with Crippen LogP contribution < -0.4 is 0 Å². The molecule has 29 heavy (non-hydrogen) atoms. The molecule has 0 atom stereocenters. The van der Waals surface area contributed by atoms with E-state index in [1.54, 1.807) is 0 Å². The van der Waals surface area contributed by atoms with E-state index in [1.165, 1.54) is 38.5 Å². The number of ether oxygens (including phenoxy) is 2. The van der Waals surface area contributed by atoms with Gasteiger partial charge in [-0.25, -0.2) is 4.79 Å². The Bertz CT molecular complexity index is 350. The molecule has 0 heterocycles. The molecule has 0 spiro atoms.